The van der Waals surface area contributed by atoms with Crippen molar-refractivity contribution in [1.29, 1.82) is 0 Å². The van der Waals surface area contributed by atoms with Crippen LogP contribution in [-0.4, -0.2) is 47.8 Å². The van der Waals surface area contributed by atoms with Gasteiger partial charge >= 0.3 is 0 Å². The summed E-state index contributed by atoms with van der Waals surface area (Å²) in [4.78, 5) is 43.2. The van der Waals surface area contributed by atoms with Gasteiger partial charge < -0.3 is 4.90 Å². The molecule has 2 saturated heterocycles. The first kappa shape index (κ1) is 23.8. The number of hydrogen-bond acceptors (Lipinski definition) is 6. The molecule has 8 nitrogen and oxygen atoms in total. The molecule has 0 N–H and O–H groups in total. The van der Waals surface area contributed by atoms with E-state index in [0.717, 1.165) is 26.1 Å². The Balaban J connectivity index is 1.31. The average Bonchev–Trinajstić information content (AvgIpc) is 3.09. The van der Waals surface area contributed by atoms with Gasteiger partial charge in [0.2, 0.25) is 11.8 Å². The molecule has 9 heteroatoms. The number of nitro groups is 1. The van der Waals surface area contributed by atoms with E-state index in [0.29, 0.717) is 48.2 Å². The molecule has 0 spiro atoms. The van der Waals surface area contributed by atoms with Gasteiger partial charge in [0.05, 0.1) is 22.4 Å². The van der Waals surface area contributed by atoms with Gasteiger partial charge in [-0.3, -0.25) is 24.6 Å². The van der Waals surface area contributed by atoms with Crippen LogP contribution in [0.5, 0.6) is 0 Å². The van der Waals surface area contributed by atoms with Crippen molar-refractivity contribution in [2.75, 3.05) is 36.0 Å². The minimum atomic E-state index is -0.418. The summed E-state index contributed by atoms with van der Waals surface area (Å²) < 4.78 is 0. The van der Waals surface area contributed by atoms with Crippen LogP contribution >= 0.6 is 11.6 Å². The van der Waals surface area contributed by atoms with Gasteiger partial charge in [0.15, 0.2) is 0 Å². The highest BCUT2D eigenvalue weighted by atomic mass is 35.5. The standard InChI is InChI=1S/C26H29ClN4O4/c1-17-2-8-21-22(14-17)26(33)30(25(21)32)20-7-9-23(24(15-20)31(34)35)29-12-10-28(11-13-29)16-18-3-5-19(27)6-4-18/h3-7,9,15,17,21-22H,2,8,10-14,16H2,1H3/t17-,21-,22+/m1/s1. The summed E-state index contributed by atoms with van der Waals surface area (Å²) in [5.74, 6) is -0.637. The molecule has 0 radical (unpaired) electrons. The fourth-order valence-electron chi connectivity index (χ4n) is 5.70. The number of halogens is 1. The third kappa shape index (κ3) is 4.65. The number of imide groups is 1. The van der Waals surface area contributed by atoms with Crippen LogP contribution in [0, 0.1) is 27.9 Å². The molecule has 1 saturated carbocycles. The van der Waals surface area contributed by atoms with E-state index in [1.54, 1.807) is 12.1 Å². The van der Waals surface area contributed by atoms with Gasteiger partial charge in [-0.25, -0.2) is 4.90 Å². The fraction of sp³-hybridized carbons (Fsp3) is 0.462. The number of fused-ring (bicyclic) bond motifs is 1. The third-order valence-electron chi connectivity index (χ3n) is 7.63. The summed E-state index contributed by atoms with van der Waals surface area (Å²) in [6.45, 7) is 5.74. The molecule has 3 atom stereocenters. The van der Waals surface area contributed by atoms with E-state index in [9.17, 15) is 19.7 Å². The second kappa shape index (κ2) is 9.59. The van der Waals surface area contributed by atoms with Crippen molar-refractivity contribution >= 4 is 40.5 Å². The van der Waals surface area contributed by atoms with Crippen LogP contribution in [-0.2, 0) is 16.1 Å². The first-order valence-corrected chi connectivity index (χ1v) is 12.6. The Bertz CT molecular complexity index is 1150. The van der Waals surface area contributed by atoms with Crippen LogP contribution in [0.15, 0.2) is 42.5 Å². The molecule has 2 aromatic carbocycles. The van der Waals surface area contributed by atoms with Crippen molar-refractivity contribution in [3.05, 3.63) is 63.2 Å². The van der Waals surface area contributed by atoms with Crippen molar-refractivity contribution in [2.24, 2.45) is 17.8 Å². The molecule has 5 rings (SSSR count). The Morgan fingerprint density at radius 3 is 2.34 bits per heavy atom. The van der Waals surface area contributed by atoms with E-state index in [-0.39, 0.29) is 29.3 Å². The first-order chi connectivity index (χ1) is 16.8. The molecule has 3 fully saturated rings. The van der Waals surface area contributed by atoms with Crippen molar-refractivity contribution in [1.82, 2.24) is 4.90 Å². The maximum atomic E-state index is 13.1. The van der Waals surface area contributed by atoms with Crippen LogP contribution in [0.3, 0.4) is 0 Å². The fourth-order valence-corrected chi connectivity index (χ4v) is 5.83. The minimum absolute atomic E-state index is 0.0718. The van der Waals surface area contributed by atoms with Crippen LogP contribution in [0.25, 0.3) is 0 Å². The van der Waals surface area contributed by atoms with Crippen LogP contribution in [0.1, 0.15) is 31.7 Å². The molecule has 2 aromatic rings. The Morgan fingerprint density at radius 2 is 1.66 bits per heavy atom. The minimum Gasteiger partial charge on any atom is -0.363 e. The molecule has 2 amide bonds. The van der Waals surface area contributed by atoms with E-state index in [2.05, 4.69) is 11.8 Å². The summed E-state index contributed by atoms with van der Waals surface area (Å²) in [5, 5.41) is 12.7. The van der Waals surface area contributed by atoms with Crippen LogP contribution in [0.4, 0.5) is 17.1 Å². The lowest BCUT2D eigenvalue weighted by Crippen LogP contribution is -2.46. The molecule has 0 aromatic heterocycles. The molecule has 2 heterocycles. The van der Waals surface area contributed by atoms with E-state index >= 15 is 0 Å². The first-order valence-electron chi connectivity index (χ1n) is 12.2. The summed E-state index contributed by atoms with van der Waals surface area (Å²) >= 11 is 5.97. The summed E-state index contributed by atoms with van der Waals surface area (Å²) in [6.07, 6.45) is 2.33. The molecule has 0 bridgehead atoms. The van der Waals surface area contributed by atoms with Crippen molar-refractivity contribution < 1.29 is 14.5 Å². The number of nitrogens with zero attached hydrogens (tertiary/aromatic N) is 4. The zero-order valence-electron chi connectivity index (χ0n) is 19.7. The smallest absolute Gasteiger partial charge is 0.294 e. The van der Waals surface area contributed by atoms with Gasteiger partial charge in [0, 0.05) is 43.8 Å². The number of anilines is 2. The zero-order valence-corrected chi connectivity index (χ0v) is 20.5. The SMILES string of the molecule is C[C@@H]1CC[C@H]2C(=O)N(c3ccc(N4CCN(Cc5ccc(Cl)cc5)CC4)c([N+](=O)[O-])c3)C(=O)[C@H]2C1. The Kier molecular flexibility index (Phi) is 6.51. The molecule has 2 aliphatic heterocycles. The maximum absolute atomic E-state index is 13.1. The van der Waals surface area contributed by atoms with E-state index < -0.39 is 4.92 Å². The number of piperazine rings is 1. The highest BCUT2D eigenvalue weighted by molar-refractivity contribution is 6.30. The summed E-state index contributed by atoms with van der Waals surface area (Å²) in [7, 11) is 0. The maximum Gasteiger partial charge on any atom is 0.294 e. The van der Waals surface area contributed by atoms with Crippen molar-refractivity contribution in [3.63, 3.8) is 0 Å². The summed E-state index contributed by atoms with van der Waals surface area (Å²) in [5.41, 5.74) is 1.93. The average molecular weight is 497 g/mol. The van der Waals surface area contributed by atoms with Gasteiger partial charge in [-0.15, -0.1) is 0 Å². The Labute approximate surface area is 209 Å². The van der Waals surface area contributed by atoms with Crippen LogP contribution in [0.2, 0.25) is 5.02 Å². The lowest BCUT2D eigenvalue weighted by Gasteiger charge is -2.36. The monoisotopic (exact) mass is 496 g/mol. The lowest BCUT2D eigenvalue weighted by molar-refractivity contribution is -0.384. The van der Waals surface area contributed by atoms with Crippen molar-refractivity contribution in [3.8, 4) is 0 Å². The lowest BCUT2D eigenvalue weighted by atomic mass is 9.76. The Morgan fingerprint density at radius 1 is 0.971 bits per heavy atom. The second-order valence-corrected chi connectivity index (χ2v) is 10.4. The number of hydrogen-bond donors (Lipinski definition) is 0. The normalized spacial score (nSPS) is 25.1. The molecule has 184 valence electrons. The van der Waals surface area contributed by atoms with Gasteiger partial charge in [-0.1, -0.05) is 30.7 Å². The number of benzene rings is 2. The highest BCUT2D eigenvalue weighted by Gasteiger charge is 2.50. The van der Waals surface area contributed by atoms with E-state index in [4.69, 9.17) is 11.6 Å². The zero-order chi connectivity index (χ0) is 24.7. The van der Waals surface area contributed by atoms with Crippen LogP contribution < -0.4 is 9.80 Å². The molecule has 3 aliphatic rings. The molecular weight excluding hydrogens is 468 g/mol. The highest BCUT2D eigenvalue weighted by Crippen LogP contribution is 2.43. The molecule has 0 unspecified atom stereocenters. The van der Waals surface area contributed by atoms with Gasteiger partial charge in [0.1, 0.15) is 5.69 Å². The predicted octanol–water partition coefficient (Wildman–Crippen LogP) is 4.50. The third-order valence-corrected chi connectivity index (χ3v) is 7.89. The van der Waals surface area contributed by atoms with Crippen molar-refractivity contribution in [2.45, 2.75) is 32.7 Å². The Hall–Kier alpha value is -2.97. The van der Waals surface area contributed by atoms with E-state index in [1.165, 1.54) is 16.5 Å². The summed E-state index contributed by atoms with van der Waals surface area (Å²) in [6, 6.07) is 12.5. The number of rotatable bonds is 5. The molecular formula is C26H29ClN4O4. The van der Waals surface area contributed by atoms with Gasteiger partial charge in [-0.05, 0) is 55.0 Å². The number of carbonyl (C=O) groups is 2. The molecule has 35 heavy (non-hydrogen) atoms. The van der Waals surface area contributed by atoms with Gasteiger partial charge in [0.25, 0.3) is 5.69 Å². The molecule has 1 aliphatic carbocycles. The van der Waals surface area contributed by atoms with Gasteiger partial charge in [-0.2, -0.15) is 0 Å². The quantitative estimate of drug-likeness (QED) is 0.344. The topological polar surface area (TPSA) is 87.0 Å². The van der Waals surface area contributed by atoms with E-state index in [1.807, 2.05) is 29.2 Å². The number of nitro benzene ring substituents is 1. The largest absolute Gasteiger partial charge is 0.363 e. The second-order valence-electron chi connectivity index (χ2n) is 9.96. The predicted molar refractivity (Wildman–Crippen MR) is 135 cm³/mol. The number of amides is 2. The number of carbonyl (C=O) groups excluding carboxylic acids is 2.